The monoisotopic (exact) mass is 340 g/mol. The second-order valence-electron chi connectivity index (χ2n) is 7.15. The summed E-state index contributed by atoms with van der Waals surface area (Å²) in [6, 6.07) is 0. The minimum Gasteiger partial charge on any atom is -0.462 e. The minimum atomic E-state index is -0.357. The summed E-state index contributed by atoms with van der Waals surface area (Å²) in [5, 5.41) is 0. The summed E-state index contributed by atoms with van der Waals surface area (Å²) in [7, 11) is 0. The molecule has 4 heteroatoms. The Morgan fingerprint density at radius 2 is 1.04 bits per heavy atom. The fourth-order valence-corrected chi connectivity index (χ4v) is 2.12. The van der Waals surface area contributed by atoms with Crippen molar-refractivity contribution in [1.82, 2.24) is 0 Å². The molecule has 24 heavy (non-hydrogen) atoms. The Bertz CT molecular complexity index is 370. The molecule has 0 radical (unpaired) electrons. The molecule has 0 saturated heterocycles. The number of unbranched alkanes of at least 4 members (excludes halogenated alkanes) is 2. The van der Waals surface area contributed by atoms with Crippen LogP contribution in [0.15, 0.2) is 11.1 Å². The van der Waals surface area contributed by atoms with Crippen LogP contribution < -0.4 is 0 Å². The molecule has 0 N–H and O–H groups in total. The van der Waals surface area contributed by atoms with Gasteiger partial charge in [0.25, 0.3) is 0 Å². The van der Waals surface area contributed by atoms with Crippen molar-refractivity contribution in [3.63, 3.8) is 0 Å². The van der Waals surface area contributed by atoms with E-state index >= 15 is 0 Å². The van der Waals surface area contributed by atoms with Gasteiger partial charge in [-0.3, -0.25) is 0 Å². The average molecular weight is 341 g/mol. The van der Waals surface area contributed by atoms with Crippen LogP contribution >= 0.6 is 0 Å². The van der Waals surface area contributed by atoms with E-state index in [1.54, 1.807) is 0 Å². The van der Waals surface area contributed by atoms with Crippen LogP contribution in [0.25, 0.3) is 0 Å². The normalized spacial score (nSPS) is 12.3. The van der Waals surface area contributed by atoms with Crippen molar-refractivity contribution < 1.29 is 19.1 Å². The molecule has 0 aliphatic carbocycles. The molecule has 0 amide bonds. The third-order valence-corrected chi connectivity index (χ3v) is 3.51. The first-order valence-electron chi connectivity index (χ1n) is 9.39. The average Bonchev–Trinajstić information content (AvgIpc) is 2.53. The third-order valence-electron chi connectivity index (χ3n) is 3.51. The molecular formula is C20H36O4. The van der Waals surface area contributed by atoms with Crippen LogP contribution in [0, 0.1) is 11.8 Å². The lowest BCUT2D eigenvalue weighted by molar-refractivity contribution is -0.143. The highest BCUT2D eigenvalue weighted by Gasteiger charge is 2.23. The van der Waals surface area contributed by atoms with Gasteiger partial charge in [0, 0.05) is 11.1 Å². The second kappa shape index (κ2) is 13.0. The summed E-state index contributed by atoms with van der Waals surface area (Å²) in [4.78, 5) is 25.0. The molecular weight excluding hydrogens is 304 g/mol. The predicted molar refractivity (Wildman–Crippen MR) is 97.7 cm³/mol. The van der Waals surface area contributed by atoms with Crippen molar-refractivity contribution >= 4 is 11.9 Å². The summed E-state index contributed by atoms with van der Waals surface area (Å²) < 4.78 is 10.8. The fourth-order valence-electron chi connectivity index (χ4n) is 2.12. The Morgan fingerprint density at radius 1 is 0.708 bits per heavy atom. The lowest BCUT2D eigenvalue weighted by Gasteiger charge is -2.16. The molecule has 140 valence electrons. The Balaban J connectivity index is 5.40. The van der Waals surface area contributed by atoms with E-state index in [2.05, 4.69) is 13.8 Å². The molecule has 4 nitrogen and oxygen atoms in total. The first kappa shape index (κ1) is 22.7. The largest absolute Gasteiger partial charge is 0.462 e. The van der Waals surface area contributed by atoms with Gasteiger partial charge in [-0.1, -0.05) is 54.4 Å². The molecule has 0 aromatic rings. The van der Waals surface area contributed by atoms with Crippen LogP contribution in [0.1, 0.15) is 80.1 Å². The standard InChI is InChI=1S/C20H36O4/c1-7-9-11-17(19(21)23-13-15(3)4)18(12-10-8-2)20(22)24-14-16(5)6/h15-16H,7-14H2,1-6H3/b18-17-. The van der Waals surface area contributed by atoms with E-state index in [-0.39, 0.29) is 23.8 Å². The van der Waals surface area contributed by atoms with Crippen molar-refractivity contribution in [3.05, 3.63) is 11.1 Å². The van der Waals surface area contributed by atoms with Crippen molar-refractivity contribution in [2.75, 3.05) is 13.2 Å². The van der Waals surface area contributed by atoms with Gasteiger partial charge < -0.3 is 9.47 Å². The SMILES string of the molecule is CCCC/C(C(=O)OCC(C)C)=C(\CCCC)C(=O)OCC(C)C. The molecule has 0 rings (SSSR count). The highest BCUT2D eigenvalue weighted by molar-refractivity contribution is 6.00. The van der Waals surface area contributed by atoms with Crippen LogP contribution in [0.3, 0.4) is 0 Å². The Morgan fingerprint density at radius 3 is 1.29 bits per heavy atom. The summed E-state index contributed by atoms with van der Waals surface area (Å²) in [5.74, 6) is -0.170. The van der Waals surface area contributed by atoms with E-state index in [4.69, 9.17) is 9.47 Å². The Labute approximate surface area is 148 Å². The van der Waals surface area contributed by atoms with Crippen molar-refractivity contribution in [2.45, 2.75) is 80.1 Å². The summed E-state index contributed by atoms with van der Waals surface area (Å²) in [5.41, 5.74) is 1.03. The van der Waals surface area contributed by atoms with Crippen LogP contribution in [0.4, 0.5) is 0 Å². The van der Waals surface area contributed by atoms with E-state index in [9.17, 15) is 9.59 Å². The van der Waals surface area contributed by atoms with Gasteiger partial charge in [0.1, 0.15) is 0 Å². The van der Waals surface area contributed by atoms with Gasteiger partial charge in [-0.05, 0) is 37.5 Å². The van der Waals surface area contributed by atoms with Crippen LogP contribution in [-0.2, 0) is 19.1 Å². The fraction of sp³-hybridized carbons (Fsp3) is 0.800. The van der Waals surface area contributed by atoms with E-state index in [1.807, 2.05) is 27.7 Å². The zero-order chi connectivity index (χ0) is 18.5. The van der Waals surface area contributed by atoms with Crippen molar-refractivity contribution in [2.24, 2.45) is 11.8 Å². The van der Waals surface area contributed by atoms with E-state index in [0.29, 0.717) is 37.2 Å². The number of hydrogen-bond donors (Lipinski definition) is 0. The number of esters is 2. The zero-order valence-corrected chi connectivity index (χ0v) is 16.4. The third kappa shape index (κ3) is 9.74. The van der Waals surface area contributed by atoms with E-state index in [1.165, 1.54) is 0 Å². The van der Waals surface area contributed by atoms with Gasteiger partial charge >= 0.3 is 11.9 Å². The van der Waals surface area contributed by atoms with E-state index < -0.39 is 0 Å². The van der Waals surface area contributed by atoms with Gasteiger partial charge in [-0.2, -0.15) is 0 Å². The van der Waals surface area contributed by atoms with Gasteiger partial charge in [0.05, 0.1) is 13.2 Å². The smallest absolute Gasteiger partial charge is 0.334 e. The highest BCUT2D eigenvalue weighted by atomic mass is 16.5. The predicted octanol–water partition coefficient (Wildman–Crippen LogP) is 5.06. The molecule has 0 aromatic carbocycles. The quantitative estimate of drug-likeness (QED) is 0.368. The zero-order valence-electron chi connectivity index (χ0n) is 16.4. The Hall–Kier alpha value is -1.32. The molecule has 0 unspecified atom stereocenters. The lowest BCUT2D eigenvalue weighted by Crippen LogP contribution is -2.20. The van der Waals surface area contributed by atoms with Crippen LogP contribution in [0.2, 0.25) is 0 Å². The summed E-state index contributed by atoms with van der Waals surface area (Å²) in [6.45, 7) is 12.9. The summed E-state index contributed by atoms with van der Waals surface area (Å²) >= 11 is 0. The van der Waals surface area contributed by atoms with Crippen LogP contribution in [0.5, 0.6) is 0 Å². The molecule has 0 aliphatic rings. The second-order valence-corrected chi connectivity index (χ2v) is 7.15. The van der Waals surface area contributed by atoms with E-state index in [0.717, 1.165) is 25.7 Å². The summed E-state index contributed by atoms with van der Waals surface area (Å²) in [6.07, 6.45) is 4.79. The molecule has 0 heterocycles. The maximum Gasteiger partial charge on any atom is 0.334 e. The number of rotatable bonds is 12. The molecule has 0 atom stereocenters. The highest BCUT2D eigenvalue weighted by Crippen LogP contribution is 2.22. The topological polar surface area (TPSA) is 52.6 Å². The maximum atomic E-state index is 12.5. The lowest BCUT2D eigenvalue weighted by atomic mass is 9.98. The van der Waals surface area contributed by atoms with Crippen LogP contribution in [-0.4, -0.2) is 25.2 Å². The Kier molecular flexibility index (Phi) is 12.3. The number of carbonyl (C=O) groups excluding carboxylic acids is 2. The molecule has 0 aliphatic heterocycles. The number of hydrogen-bond acceptors (Lipinski definition) is 4. The van der Waals surface area contributed by atoms with Crippen molar-refractivity contribution in [1.29, 1.82) is 0 Å². The molecule has 0 fully saturated rings. The molecule has 0 bridgehead atoms. The maximum absolute atomic E-state index is 12.5. The van der Waals surface area contributed by atoms with Gasteiger partial charge in [-0.15, -0.1) is 0 Å². The minimum absolute atomic E-state index is 0.272. The van der Waals surface area contributed by atoms with Gasteiger partial charge in [-0.25, -0.2) is 9.59 Å². The van der Waals surface area contributed by atoms with Crippen molar-refractivity contribution in [3.8, 4) is 0 Å². The number of carbonyl (C=O) groups is 2. The molecule has 0 spiro atoms. The molecule has 0 saturated carbocycles. The first-order chi connectivity index (χ1) is 11.3. The number of ether oxygens (including phenoxy) is 2. The first-order valence-corrected chi connectivity index (χ1v) is 9.39. The van der Waals surface area contributed by atoms with Gasteiger partial charge in [0.15, 0.2) is 0 Å². The molecule has 0 aromatic heterocycles. The van der Waals surface area contributed by atoms with Gasteiger partial charge in [0.2, 0.25) is 0 Å².